The quantitative estimate of drug-likeness (QED) is 0.201. The number of nitrogens with one attached hydrogen (secondary N) is 1. The number of allylic oxidation sites excluding steroid dienone is 2. The van der Waals surface area contributed by atoms with Crippen molar-refractivity contribution in [2.75, 3.05) is 26.9 Å². The van der Waals surface area contributed by atoms with Crippen LogP contribution in [0.3, 0.4) is 0 Å². The number of esters is 2. The summed E-state index contributed by atoms with van der Waals surface area (Å²) in [7, 11) is 1.13. The molecular weight excluding hydrogens is 573 g/mol. The third-order valence-electron chi connectivity index (χ3n) is 7.06. The van der Waals surface area contributed by atoms with E-state index in [9.17, 15) is 22.8 Å². The molecule has 7 nitrogen and oxygen atoms in total. The number of carbonyl (C=O) groups excluding carboxylic acids is 2. The van der Waals surface area contributed by atoms with Gasteiger partial charge in [0.1, 0.15) is 6.61 Å². The van der Waals surface area contributed by atoms with Gasteiger partial charge in [-0.05, 0) is 54.7 Å². The van der Waals surface area contributed by atoms with Gasteiger partial charge in [-0.15, -0.1) is 0 Å². The normalized spacial score (nSPS) is 15.4. The van der Waals surface area contributed by atoms with Crippen molar-refractivity contribution in [3.63, 3.8) is 0 Å². The fourth-order valence-corrected chi connectivity index (χ4v) is 5.05. The zero-order valence-electron chi connectivity index (χ0n) is 24.6. The zero-order chi connectivity index (χ0) is 31.7. The minimum Gasteiger partial charge on any atom is -0.466 e. The molecule has 1 unspecified atom stereocenters. The average molecular weight is 607 g/mol. The van der Waals surface area contributed by atoms with E-state index in [1.54, 1.807) is 20.0 Å². The van der Waals surface area contributed by atoms with E-state index in [1.807, 2.05) is 54.7 Å². The minimum absolute atomic E-state index is 0.0580. The molecule has 1 aliphatic rings. The molecule has 2 aromatic carbocycles. The number of nitrogens with zero attached hydrogens (tertiary/aromatic N) is 1. The maximum atomic E-state index is 14.0. The van der Waals surface area contributed by atoms with Crippen molar-refractivity contribution in [2.24, 2.45) is 0 Å². The summed E-state index contributed by atoms with van der Waals surface area (Å²) >= 11 is 0. The highest BCUT2D eigenvalue weighted by molar-refractivity contribution is 6.00. The lowest BCUT2D eigenvalue weighted by Crippen LogP contribution is -2.33. The van der Waals surface area contributed by atoms with Gasteiger partial charge in [0.15, 0.2) is 0 Å². The van der Waals surface area contributed by atoms with Crippen LogP contribution in [0.25, 0.3) is 6.08 Å². The second-order valence-corrected chi connectivity index (χ2v) is 10.1. The van der Waals surface area contributed by atoms with E-state index in [4.69, 9.17) is 14.2 Å². The molecule has 4 rings (SSSR count). The largest absolute Gasteiger partial charge is 0.466 e. The van der Waals surface area contributed by atoms with Crippen LogP contribution in [0, 0.1) is 0 Å². The summed E-state index contributed by atoms with van der Waals surface area (Å²) in [6, 6.07) is 16.9. The molecule has 0 amide bonds. The second kappa shape index (κ2) is 14.7. The highest BCUT2D eigenvalue weighted by Crippen LogP contribution is 2.44. The van der Waals surface area contributed by atoms with Crippen LogP contribution in [0.1, 0.15) is 47.6 Å². The van der Waals surface area contributed by atoms with Crippen LogP contribution in [0.2, 0.25) is 0 Å². The molecule has 44 heavy (non-hydrogen) atoms. The summed E-state index contributed by atoms with van der Waals surface area (Å²) in [4.78, 5) is 30.2. The number of hydrogen-bond donors (Lipinski definition) is 1. The number of alkyl halides is 3. The Morgan fingerprint density at radius 1 is 0.909 bits per heavy atom. The van der Waals surface area contributed by atoms with Gasteiger partial charge >= 0.3 is 18.1 Å². The van der Waals surface area contributed by atoms with Gasteiger partial charge in [0, 0.05) is 23.8 Å². The van der Waals surface area contributed by atoms with Gasteiger partial charge in [0.05, 0.1) is 43.0 Å². The molecule has 0 fully saturated rings. The number of dihydropyridines is 1. The lowest BCUT2D eigenvalue weighted by molar-refractivity contribution is -0.142. The predicted molar refractivity (Wildman–Crippen MR) is 159 cm³/mol. The molecule has 230 valence electrons. The molecule has 0 saturated heterocycles. The van der Waals surface area contributed by atoms with E-state index in [-0.39, 0.29) is 47.9 Å². The van der Waals surface area contributed by atoms with Crippen molar-refractivity contribution in [3.8, 4) is 0 Å². The van der Waals surface area contributed by atoms with Crippen LogP contribution < -0.4 is 5.32 Å². The Kier molecular flexibility index (Phi) is 10.7. The van der Waals surface area contributed by atoms with Crippen molar-refractivity contribution in [1.82, 2.24) is 10.3 Å². The van der Waals surface area contributed by atoms with E-state index < -0.39 is 29.6 Å². The van der Waals surface area contributed by atoms with Crippen molar-refractivity contribution >= 4 is 18.0 Å². The predicted octanol–water partition coefficient (Wildman–Crippen LogP) is 6.37. The number of benzene rings is 2. The van der Waals surface area contributed by atoms with E-state index >= 15 is 0 Å². The Bertz CT molecular complexity index is 1560. The van der Waals surface area contributed by atoms with Gasteiger partial charge in [-0.1, -0.05) is 60.7 Å². The van der Waals surface area contributed by atoms with Crippen molar-refractivity contribution in [1.29, 1.82) is 0 Å². The Labute approximate surface area is 254 Å². The van der Waals surface area contributed by atoms with Crippen LogP contribution in [-0.2, 0) is 36.4 Å². The number of halogens is 3. The van der Waals surface area contributed by atoms with Crippen molar-refractivity contribution in [3.05, 3.63) is 129 Å². The van der Waals surface area contributed by atoms with E-state index in [0.29, 0.717) is 0 Å². The lowest BCUT2D eigenvalue weighted by atomic mass is 9.78. The first-order valence-electron chi connectivity index (χ1n) is 13.9. The maximum Gasteiger partial charge on any atom is 0.416 e. The van der Waals surface area contributed by atoms with E-state index in [1.165, 1.54) is 23.8 Å². The standard InChI is InChI=1S/C34H33F3N2O5/c1-22-29(32(40)42-3)31(27-10-4-5-11-28(27)34(35,36)37)30(23(2)39-22)33(41)44-19-18-43-17-7-9-24-12-14-25(15-13-24)20-26-8-6-16-38-21-26/h4-16,21,31,39H,17-20H2,1-3H3/b9-7+. The smallest absolute Gasteiger partial charge is 0.416 e. The van der Waals surface area contributed by atoms with Crippen LogP contribution in [-0.4, -0.2) is 43.9 Å². The molecule has 2 heterocycles. The molecule has 10 heteroatoms. The Morgan fingerprint density at radius 3 is 2.27 bits per heavy atom. The number of hydrogen-bond acceptors (Lipinski definition) is 7. The van der Waals surface area contributed by atoms with Crippen LogP contribution in [0.5, 0.6) is 0 Å². The van der Waals surface area contributed by atoms with E-state index in [2.05, 4.69) is 10.3 Å². The number of aromatic nitrogens is 1. The molecule has 0 aliphatic carbocycles. The summed E-state index contributed by atoms with van der Waals surface area (Å²) < 4.78 is 57.8. The average Bonchev–Trinajstić information content (AvgIpc) is 3.00. The molecule has 0 saturated carbocycles. The first-order chi connectivity index (χ1) is 21.1. The van der Waals surface area contributed by atoms with Gasteiger partial charge in [0.2, 0.25) is 0 Å². The fraction of sp³-hybridized carbons (Fsp3) is 0.265. The monoisotopic (exact) mass is 606 g/mol. The van der Waals surface area contributed by atoms with Gasteiger partial charge in [-0.25, -0.2) is 9.59 Å². The number of carbonyl (C=O) groups is 2. The number of methoxy groups -OCH3 is 1. The van der Waals surface area contributed by atoms with Crippen LogP contribution in [0.15, 0.2) is 102 Å². The highest BCUT2D eigenvalue weighted by Gasteiger charge is 2.43. The fourth-order valence-electron chi connectivity index (χ4n) is 5.05. The third kappa shape index (κ3) is 8.02. The molecule has 0 radical (unpaired) electrons. The van der Waals surface area contributed by atoms with Crippen molar-refractivity contribution < 1.29 is 37.0 Å². The van der Waals surface area contributed by atoms with Gasteiger partial charge in [-0.3, -0.25) is 4.98 Å². The maximum absolute atomic E-state index is 14.0. The first-order valence-corrected chi connectivity index (χ1v) is 13.9. The molecule has 1 aliphatic heterocycles. The highest BCUT2D eigenvalue weighted by atomic mass is 19.4. The minimum atomic E-state index is -4.72. The SMILES string of the molecule is COC(=O)C1=C(C)NC(C)=C(C(=O)OCCOC/C=C/c2ccc(Cc3cccnc3)cc2)C1c1ccccc1C(F)(F)F. The zero-order valence-corrected chi connectivity index (χ0v) is 24.6. The van der Waals surface area contributed by atoms with Crippen LogP contribution in [0.4, 0.5) is 13.2 Å². The number of rotatable bonds is 11. The van der Waals surface area contributed by atoms with Gasteiger partial charge in [-0.2, -0.15) is 13.2 Å². The molecular formula is C34H33F3N2O5. The summed E-state index contributed by atoms with van der Waals surface area (Å²) in [6.45, 7) is 3.26. The van der Waals surface area contributed by atoms with Gasteiger partial charge < -0.3 is 19.5 Å². The topological polar surface area (TPSA) is 86.8 Å². The molecule has 1 atom stereocenters. The molecule has 3 aromatic rings. The number of pyridine rings is 1. The Morgan fingerprint density at radius 2 is 1.61 bits per heavy atom. The van der Waals surface area contributed by atoms with E-state index in [0.717, 1.165) is 30.7 Å². The lowest BCUT2D eigenvalue weighted by Gasteiger charge is -2.31. The van der Waals surface area contributed by atoms with Crippen molar-refractivity contribution in [2.45, 2.75) is 32.4 Å². The van der Waals surface area contributed by atoms with Gasteiger partial charge in [0.25, 0.3) is 0 Å². The summed E-state index contributed by atoms with van der Waals surface area (Å²) in [6.07, 6.45) is 3.40. The second-order valence-electron chi connectivity index (χ2n) is 10.1. The number of ether oxygens (including phenoxy) is 3. The molecule has 1 N–H and O–H groups in total. The van der Waals surface area contributed by atoms with Crippen LogP contribution >= 0.6 is 0 Å². The Balaban J connectivity index is 1.36. The molecule has 1 aromatic heterocycles. The first kappa shape index (κ1) is 32.2. The summed E-state index contributed by atoms with van der Waals surface area (Å²) in [5.41, 5.74) is 2.43. The summed E-state index contributed by atoms with van der Waals surface area (Å²) in [5.74, 6) is -3.07. The summed E-state index contributed by atoms with van der Waals surface area (Å²) in [5, 5.41) is 2.92. The molecule has 0 spiro atoms. The Hall–Kier alpha value is -4.70. The third-order valence-corrected chi connectivity index (χ3v) is 7.06. The molecule has 0 bridgehead atoms.